The van der Waals surface area contributed by atoms with Crippen LogP contribution in [0.15, 0.2) is 66.9 Å². The van der Waals surface area contributed by atoms with Gasteiger partial charge in [0.25, 0.3) is 5.91 Å². The zero-order chi connectivity index (χ0) is 25.7. The van der Waals surface area contributed by atoms with Crippen molar-refractivity contribution in [1.82, 2.24) is 14.8 Å². The highest BCUT2D eigenvalue weighted by Gasteiger charge is 2.34. The second kappa shape index (κ2) is 11.5. The number of pyridine rings is 1. The molecule has 190 valence electrons. The molecule has 0 aliphatic carbocycles. The summed E-state index contributed by atoms with van der Waals surface area (Å²) >= 11 is 0. The first-order valence-electron chi connectivity index (χ1n) is 12.3. The van der Waals surface area contributed by atoms with E-state index in [-0.39, 0.29) is 30.6 Å². The lowest BCUT2D eigenvalue weighted by atomic mass is 9.99. The lowest BCUT2D eigenvalue weighted by Crippen LogP contribution is -2.49. The van der Waals surface area contributed by atoms with E-state index in [1.165, 1.54) is 5.56 Å². The van der Waals surface area contributed by atoms with Crippen molar-refractivity contribution in [2.75, 3.05) is 33.9 Å². The molecule has 2 aromatic carbocycles. The van der Waals surface area contributed by atoms with Crippen molar-refractivity contribution >= 4 is 5.91 Å². The first-order valence-corrected chi connectivity index (χ1v) is 12.3. The monoisotopic (exact) mass is 489 g/mol. The Kier molecular flexibility index (Phi) is 8.23. The van der Waals surface area contributed by atoms with Crippen LogP contribution in [0.5, 0.6) is 11.6 Å². The van der Waals surface area contributed by atoms with E-state index in [9.17, 15) is 9.90 Å². The number of aliphatic hydroxyl groups excluding tert-OH is 1. The maximum absolute atomic E-state index is 13.7. The number of carbonyl (C=O) groups is 1. The smallest absolute Gasteiger partial charge is 0.259 e. The van der Waals surface area contributed by atoms with Gasteiger partial charge < -0.3 is 19.5 Å². The summed E-state index contributed by atoms with van der Waals surface area (Å²) in [5.41, 5.74) is 3.38. The topological polar surface area (TPSA) is 75.1 Å². The van der Waals surface area contributed by atoms with Crippen molar-refractivity contribution in [3.05, 3.63) is 78.0 Å². The first kappa shape index (κ1) is 25.7. The lowest BCUT2D eigenvalue weighted by molar-refractivity contribution is 0.0325. The van der Waals surface area contributed by atoms with E-state index < -0.39 is 0 Å². The van der Waals surface area contributed by atoms with E-state index in [0.717, 1.165) is 23.4 Å². The maximum atomic E-state index is 13.7. The largest absolute Gasteiger partial charge is 0.497 e. The van der Waals surface area contributed by atoms with Crippen LogP contribution in [0.4, 0.5) is 0 Å². The Morgan fingerprint density at radius 1 is 1.17 bits per heavy atom. The van der Waals surface area contributed by atoms with Gasteiger partial charge in [0.05, 0.1) is 19.8 Å². The van der Waals surface area contributed by atoms with Gasteiger partial charge in [-0.3, -0.25) is 9.69 Å². The summed E-state index contributed by atoms with van der Waals surface area (Å²) in [7, 11) is 3.70. The molecule has 3 aromatic rings. The molecule has 0 fully saturated rings. The van der Waals surface area contributed by atoms with Crippen molar-refractivity contribution in [2.24, 2.45) is 5.92 Å². The number of rotatable bonds is 8. The van der Waals surface area contributed by atoms with Gasteiger partial charge in [-0.2, -0.15) is 0 Å². The number of hydrogen-bond acceptors (Lipinski definition) is 6. The molecule has 0 unspecified atom stereocenters. The van der Waals surface area contributed by atoms with Crippen LogP contribution >= 0.6 is 0 Å². The van der Waals surface area contributed by atoms with Gasteiger partial charge in [-0.05, 0) is 43.3 Å². The summed E-state index contributed by atoms with van der Waals surface area (Å²) in [5.74, 6) is 0.948. The number of methoxy groups -OCH3 is 1. The molecule has 0 spiro atoms. The fourth-order valence-corrected chi connectivity index (χ4v) is 4.53. The van der Waals surface area contributed by atoms with Crippen molar-refractivity contribution in [3.63, 3.8) is 0 Å². The average Bonchev–Trinajstić information content (AvgIpc) is 2.90. The van der Waals surface area contributed by atoms with E-state index in [0.29, 0.717) is 24.5 Å². The molecule has 3 atom stereocenters. The van der Waals surface area contributed by atoms with Gasteiger partial charge in [0, 0.05) is 37.3 Å². The Balaban J connectivity index is 1.65. The van der Waals surface area contributed by atoms with Crippen LogP contribution < -0.4 is 9.47 Å². The average molecular weight is 490 g/mol. The number of aromatic nitrogens is 1. The second-order valence-electron chi connectivity index (χ2n) is 9.61. The predicted octanol–water partition coefficient (Wildman–Crippen LogP) is 4.11. The molecule has 7 heteroatoms. The van der Waals surface area contributed by atoms with E-state index >= 15 is 0 Å². The predicted molar refractivity (Wildman–Crippen MR) is 140 cm³/mol. The molecule has 2 heterocycles. The van der Waals surface area contributed by atoms with Gasteiger partial charge in [0.2, 0.25) is 5.88 Å². The molecule has 7 nitrogen and oxygen atoms in total. The lowest BCUT2D eigenvalue weighted by Gasteiger charge is -2.37. The number of aliphatic hydroxyl groups is 1. The number of benzene rings is 2. The van der Waals surface area contributed by atoms with Gasteiger partial charge in [-0.15, -0.1) is 0 Å². The van der Waals surface area contributed by atoms with Crippen LogP contribution in [-0.4, -0.2) is 71.8 Å². The van der Waals surface area contributed by atoms with E-state index in [1.54, 1.807) is 18.2 Å². The number of nitrogens with zero attached hydrogens (tertiary/aromatic N) is 3. The third-order valence-electron chi connectivity index (χ3n) is 6.73. The Bertz CT molecular complexity index is 1150. The Morgan fingerprint density at radius 2 is 1.89 bits per heavy atom. The van der Waals surface area contributed by atoms with Crippen LogP contribution in [0, 0.1) is 5.92 Å². The SMILES string of the molecule is COc1ccc(-c2cnc3c(c2)C(=O)N([C@@H](C)CO)C[C@H](C)[C@@H](CN(C)Cc2ccccc2)O3)cc1. The minimum Gasteiger partial charge on any atom is -0.497 e. The summed E-state index contributed by atoms with van der Waals surface area (Å²) in [6.45, 7) is 5.79. The third-order valence-corrected chi connectivity index (χ3v) is 6.73. The molecule has 0 bridgehead atoms. The van der Waals surface area contributed by atoms with Crippen LogP contribution in [0.1, 0.15) is 29.8 Å². The van der Waals surface area contributed by atoms with E-state index in [1.807, 2.05) is 55.5 Å². The summed E-state index contributed by atoms with van der Waals surface area (Å²) < 4.78 is 11.7. The Labute approximate surface area is 213 Å². The number of ether oxygens (including phenoxy) is 2. The summed E-state index contributed by atoms with van der Waals surface area (Å²) in [4.78, 5) is 22.2. The van der Waals surface area contributed by atoms with Gasteiger partial charge in [0.15, 0.2) is 0 Å². The van der Waals surface area contributed by atoms with Crippen molar-refractivity contribution in [2.45, 2.75) is 32.5 Å². The zero-order valence-corrected chi connectivity index (χ0v) is 21.4. The summed E-state index contributed by atoms with van der Waals surface area (Å²) in [6, 6.07) is 19.5. The number of hydrogen-bond donors (Lipinski definition) is 1. The van der Waals surface area contributed by atoms with Crippen LogP contribution in [-0.2, 0) is 6.54 Å². The molecule has 1 aromatic heterocycles. The number of amides is 1. The number of likely N-dealkylation sites (N-methyl/N-ethyl adjacent to an activating group) is 1. The molecule has 0 saturated heterocycles. The highest BCUT2D eigenvalue weighted by molar-refractivity contribution is 5.98. The molecule has 1 N–H and O–H groups in total. The Hall–Kier alpha value is -3.42. The molecule has 0 saturated carbocycles. The van der Waals surface area contributed by atoms with Gasteiger partial charge in [0.1, 0.15) is 17.4 Å². The number of fused-ring (bicyclic) bond motifs is 1. The third kappa shape index (κ3) is 5.86. The fraction of sp³-hybridized carbons (Fsp3) is 0.379. The van der Waals surface area contributed by atoms with Crippen molar-refractivity contribution < 1.29 is 19.4 Å². The number of carbonyl (C=O) groups excluding carboxylic acids is 1. The maximum Gasteiger partial charge on any atom is 0.259 e. The fourth-order valence-electron chi connectivity index (χ4n) is 4.53. The molecular weight excluding hydrogens is 454 g/mol. The van der Waals surface area contributed by atoms with Crippen LogP contribution in [0.3, 0.4) is 0 Å². The summed E-state index contributed by atoms with van der Waals surface area (Å²) in [6.07, 6.45) is 1.56. The van der Waals surface area contributed by atoms with Crippen LogP contribution in [0.2, 0.25) is 0 Å². The second-order valence-corrected chi connectivity index (χ2v) is 9.61. The molecule has 1 aliphatic rings. The highest BCUT2D eigenvalue weighted by Crippen LogP contribution is 2.31. The normalized spacial score (nSPS) is 18.7. The zero-order valence-electron chi connectivity index (χ0n) is 21.4. The molecule has 4 rings (SSSR count). The minimum atomic E-state index is -0.321. The van der Waals surface area contributed by atoms with Gasteiger partial charge in [-0.25, -0.2) is 4.98 Å². The molecule has 36 heavy (non-hydrogen) atoms. The van der Waals surface area contributed by atoms with Crippen molar-refractivity contribution in [3.8, 4) is 22.8 Å². The van der Waals surface area contributed by atoms with E-state index in [4.69, 9.17) is 9.47 Å². The van der Waals surface area contributed by atoms with Crippen molar-refractivity contribution in [1.29, 1.82) is 0 Å². The molecular formula is C29H35N3O4. The van der Waals surface area contributed by atoms with Gasteiger partial charge >= 0.3 is 0 Å². The van der Waals surface area contributed by atoms with Gasteiger partial charge in [-0.1, -0.05) is 49.4 Å². The summed E-state index contributed by atoms with van der Waals surface area (Å²) in [5, 5.41) is 9.90. The molecule has 1 amide bonds. The molecule has 0 radical (unpaired) electrons. The minimum absolute atomic E-state index is 0.0392. The Morgan fingerprint density at radius 3 is 2.56 bits per heavy atom. The first-order chi connectivity index (χ1) is 17.4. The quantitative estimate of drug-likeness (QED) is 0.513. The standard InChI is InChI=1S/C29H35N3O4/c1-20-16-32(21(2)19-33)29(34)26-14-24(23-10-12-25(35-4)13-11-23)15-30-28(26)36-27(20)18-31(3)17-22-8-6-5-7-9-22/h5-15,20-21,27,33H,16-19H2,1-4H3/t20-,21-,27+/m0/s1. The highest BCUT2D eigenvalue weighted by atomic mass is 16.5. The molecule has 1 aliphatic heterocycles. The van der Waals surface area contributed by atoms with Crippen LogP contribution in [0.25, 0.3) is 11.1 Å². The van der Waals surface area contributed by atoms with E-state index in [2.05, 4.69) is 36.0 Å².